The molecule has 0 bridgehead atoms. The van der Waals surface area contributed by atoms with Crippen molar-refractivity contribution in [3.63, 3.8) is 0 Å². The van der Waals surface area contributed by atoms with Crippen LogP contribution in [0.2, 0.25) is 0 Å². The Hall–Kier alpha value is -2.93. The van der Waals surface area contributed by atoms with Crippen molar-refractivity contribution < 1.29 is 4.79 Å². The Balaban J connectivity index is 1.75. The van der Waals surface area contributed by atoms with Crippen LogP contribution in [0, 0.1) is 0 Å². The average molecular weight is 323 g/mol. The van der Waals surface area contributed by atoms with Crippen LogP contribution in [0.4, 0.5) is 0 Å². The molecule has 3 N–H and O–H groups in total. The summed E-state index contributed by atoms with van der Waals surface area (Å²) in [6, 6.07) is 11.4. The molecule has 122 valence electrons. The van der Waals surface area contributed by atoms with Gasteiger partial charge in [0.2, 0.25) is 0 Å². The van der Waals surface area contributed by atoms with E-state index in [-0.39, 0.29) is 17.0 Å². The number of carbonyl (C=O) groups is 1. The van der Waals surface area contributed by atoms with Gasteiger partial charge >= 0.3 is 5.69 Å². The molecule has 7 nitrogen and oxygen atoms in total. The molecule has 0 aliphatic heterocycles. The zero-order valence-corrected chi connectivity index (χ0v) is 13.2. The molecule has 1 aromatic carbocycles. The van der Waals surface area contributed by atoms with Gasteiger partial charge in [0.15, 0.2) is 5.65 Å². The molecule has 24 heavy (non-hydrogen) atoms. The second-order valence-corrected chi connectivity index (χ2v) is 6.18. The number of pyridine rings is 1. The molecule has 0 spiro atoms. The Labute approximate surface area is 137 Å². The van der Waals surface area contributed by atoms with Crippen LogP contribution in [0.25, 0.3) is 5.65 Å². The van der Waals surface area contributed by atoms with E-state index in [1.807, 2.05) is 24.3 Å². The molecule has 1 aliphatic carbocycles. The Morgan fingerprint density at radius 1 is 1.21 bits per heavy atom. The zero-order chi connectivity index (χ0) is 16.9. The summed E-state index contributed by atoms with van der Waals surface area (Å²) in [6.07, 6.45) is 3.83. The number of benzene rings is 1. The van der Waals surface area contributed by atoms with Crippen LogP contribution in [0.15, 0.2) is 47.4 Å². The summed E-state index contributed by atoms with van der Waals surface area (Å²) in [7, 11) is 1.64. The van der Waals surface area contributed by atoms with E-state index in [0.717, 1.165) is 24.0 Å². The smallest absolute Gasteiger partial charge is 0.290 e. The molecule has 7 heteroatoms. The van der Waals surface area contributed by atoms with E-state index in [1.165, 1.54) is 9.08 Å². The predicted molar refractivity (Wildman–Crippen MR) is 88.5 cm³/mol. The first-order valence-electron chi connectivity index (χ1n) is 7.72. The lowest BCUT2D eigenvalue weighted by molar-refractivity contribution is 0.0953. The van der Waals surface area contributed by atoms with Crippen molar-refractivity contribution >= 4 is 11.6 Å². The van der Waals surface area contributed by atoms with Gasteiger partial charge in [-0.05, 0) is 48.2 Å². The Morgan fingerprint density at radius 2 is 1.92 bits per heavy atom. The minimum Gasteiger partial charge on any atom is -0.290 e. The highest BCUT2D eigenvalue weighted by Gasteiger charge is 2.46. The van der Waals surface area contributed by atoms with E-state index in [1.54, 1.807) is 25.4 Å². The minimum atomic E-state index is -0.305. The van der Waals surface area contributed by atoms with Gasteiger partial charge in [-0.2, -0.15) is 5.10 Å². The van der Waals surface area contributed by atoms with Gasteiger partial charge in [-0.15, -0.1) is 0 Å². The largest absolute Gasteiger partial charge is 0.350 e. The molecule has 2 heterocycles. The minimum absolute atomic E-state index is 0.0625. The first-order chi connectivity index (χ1) is 11.5. The van der Waals surface area contributed by atoms with Gasteiger partial charge in [0.1, 0.15) is 0 Å². The van der Waals surface area contributed by atoms with Gasteiger partial charge < -0.3 is 0 Å². The van der Waals surface area contributed by atoms with Crippen LogP contribution in [0.3, 0.4) is 0 Å². The van der Waals surface area contributed by atoms with Crippen molar-refractivity contribution in [2.24, 2.45) is 12.9 Å². The third-order valence-electron chi connectivity index (χ3n) is 4.80. The van der Waals surface area contributed by atoms with Gasteiger partial charge in [0, 0.05) is 24.2 Å². The van der Waals surface area contributed by atoms with E-state index in [4.69, 9.17) is 5.84 Å². The topological polar surface area (TPSA) is 94.4 Å². The van der Waals surface area contributed by atoms with Crippen molar-refractivity contribution in [2.45, 2.75) is 18.3 Å². The first-order valence-corrected chi connectivity index (χ1v) is 7.72. The first kappa shape index (κ1) is 14.6. The van der Waals surface area contributed by atoms with Crippen LogP contribution >= 0.6 is 0 Å². The number of nitrogen functional groups attached to an aromatic ring is 1. The lowest BCUT2D eigenvalue weighted by Crippen LogP contribution is -2.29. The lowest BCUT2D eigenvalue weighted by Gasteiger charge is -2.16. The van der Waals surface area contributed by atoms with Crippen molar-refractivity contribution in [1.29, 1.82) is 0 Å². The van der Waals surface area contributed by atoms with Crippen molar-refractivity contribution in [2.75, 3.05) is 0 Å². The summed E-state index contributed by atoms with van der Waals surface area (Å²) in [5.41, 5.74) is 5.38. The highest BCUT2D eigenvalue weighted by Crippen LogP contribution is 2.53. The van der Waals surface area contributed by atoms with Crippen molar-refractivity contribution in [1.82, 2.24) is 19.6 Å². The van der Waals surface area contributed by atoms with E-state index >= 15 is 0 Å². The Bertz CT molecular complexity index is 996. The van der Waals surface area contributed by atoms with Crippen LogP contribution in [0.1, 0.15) is 34.3 Å². The monoisotopic (exact) mass is 323 g/mol. The highest BCUT2D eigenvalue weighted by molar-refractivity contribution is 5.93. The van der Waals surface area contributed by atoms with Crippen molar-refractivity contribution in [3.8, 4) is 0 Å². The third kappa shape index (κ3) is 2.05. The number of rotatable bonds is 3. The van der Waals surface area contributed by atoms with Gasteiger partial charge in [-0.3, -0.25) is 14.6 Å². The molecule has 2 aromatic heterocycles. The molecular weight excluding hydrogens is 306 g/mol. The van der Waals surface area contributed by atoms with Crippen molar-refractivity contribution in [3.05, 3.63) is 69.8 Å². The van der Waals surface area contributed by atoms with E-state index in [2.05, 4.69) is 10.5 Å². The number of aromatic nitrogens is 3. The number of carbonyl (C=O) groups excluding carboxylic acids is 1. The summed E-state index contributed by atoms with van der Waals surface area (Å²) in [5.74, 6) is 4.86. The number of hydrogen-bond donors (Lipinski definition) is 2. The number of nitrogens with two attached hydrogens (primary N) is 1. The number of hydrazine groups is 1. The maximum atomic E-state index is 11.9. The van der Waals surface area contributed by atoms with Crippen LogP contribution < -0.4 is 17.0 Å². The second-order valence-electron chi connectivity index (χ2n) is 6.18. The summed E-state index contributed by atoms with van der Waals surface area (Å²) in [6.45, 7) is 0. The number of nitrogens with one attached hydrogen (secondary N) is 1. The summed E-state index contributed by atoms with van der Waals surface area (Å²) < 4.78 is 2.87. The quantitative estimate of drug-likeness (QED) is 0.422. The molecule has 0 saturated heterocycles. The van der Waals surface area contributed by atoms with Crippen LogP contribution in [0.5, 0.6) is 0 Å². The molecule has 1 saturated carbocycles. The standard InChI is InChI=1S/C17H17N5O2/c1-21-16(24)22-9-6-13(10-14(22)20-21)17(7-8-17)12-4-2-11(3-5-12)15(23)19-18/h2-6,9-10H,7-8,18H2,1H3,(H,19,23). The SMILES string of the molecule is Cn1nc2cc(C3(c4ccc(C(=O)NN)cc4)CC3)ccn2c1=O. The molecule has 3 aromatic rings. The molecule has 1 aliphatic rings. The van der Waals surface area contributed by atoms with Crippen LogP contribution in [-0.4, -0.2) is 20.1 Å². The van der Waals surface area contributed by atoms with Gasteiger partial charge in [-0.1, -0.05) is 12.1 Å². The van der Waals surface area contributed by atoms with E-state index in [9.17, 15) is 9.59 Å². The number of nitrogens with zero attached hydrogens (tertiary/aromatic N) is 3. The maximum Gasteiger partial charge on any atom is 0.350 e. The summed E-state index contributed by atoms with van der Waals surface area (Å²) >= 11 is 0. The second kappa shape index (κ2) is 5.04. The lowest BCUT2D eigenvalue weighted by atomic mass is 9.88. The molecular formula is C17H17N5O2. The third-order valence-corrected chi connectivity index (χ3v) is 4.80. The van der Waals surface area contributed by atoms with E-state index in [0.29, 0.717) is 11.2 Å². The predicted octanol–water partition coefficient (Wildman–Crippen LogP) is 0.716. The summed E-state index contributed by atoms with van der Waals surface area (Å²) in [5, 5.41) is 4.26. The molecule has 0 unspecified atom stereocenters. The fourth-order valence-electron chi connectivity index (χ4n) is 3.27. The molecule has 0 radical (unpaired) electrons. The Morgan fingerprint density at radius 3 is 2.54 bits per heavy atom. The fraction of sp³-hybridized carbons (Fsp3) is 0.235. The van der Waals surface area contributed by atoms with Gasteiger partial charge in [0.05, 0.1) is 0 Å². The van der Waals surface area contributed by atoms with Crippen LogP contribution in [-0.2, 0) is 12.5 Å². The molecule has 0 atom stereocenters. The maximum absolute atomic E-state index is 11.9. The number of hydrogen-bond acceptors (Lipinski definition) is 4. The molecule has 1 amide bonds. The summed E-state index contributed by atoms with van der Waals surface area (Å²) in [4.78, 5) is 23.5. The highest BCUT2D eigenvalue weighted by atomic mass is 16.2. The number of aryl methyl sites for hydroxylation is 1. The fourth-order valence-corrected chi connectivity index (χ4v) is 3.27. The number of amides is 1. The van der Waals surface area contributed by atoms with E-state index < -0.39 is 0 Å². The van der Waals surface area contributed by atoms with Gasteiger partial charge in [0.25, 0.3) is 5.91 Å². The number of fused-ring (bicyclic) bond motifs is 1. The molecule has 4 rings (SSSR count). The Kier molecular flexibility index (Phi) is 3.07. The van der Waals surface area contributed by atoms with Gasteiger partial charge in [-0.25, -0.2) is 15.3 Å². The molecule has 1 fully saturated rings. The average Bonchev–Trinajstić information content (AvgIpc) is 3.37. The normalized spacial score (nSPS) is 15.4. The zero-order valence-electron chi connectivity index (χ0n) is 13.2.